The third-order valence-electron chi connectivity index (χ3n) is 2.72. The van der Waals surface area contributed by atoms with Crippen LogP contribution in [-0.4, -0.2) is 16.8 Å². The first kappa shape index (κ1) is 19.4. The van der Waals surface area contributed by atoms with Gasteiger partial charge >= 0.3 is 0 Å². The molecular formula is C14H12Br2NO2SY-. The molecule has 3 nitrogen and oxygen atoms in total. The van der Waals surface area contributed by atoms with Gasteiger partial charge < -0.3 is 9.30 Å². The van der Waals surface area contributed by atoms with Crippen LogP contribution in [0.3, 0.4) is 0 Å². The van der Waals surface area contributed by atoms with Crippen molar-refractivity contribution in [2.24, 2.45) is 7.05 Å². The average molecular weight is 507 g/mol. The van der Waals surface area contributed by atoms with Gasteiger partial charge in [0.1, 0.15) is 11.7 Å². The first-order valence-corrected chi connectivity index (χ1v) is 8.71. The average Bonchev–Trinajstić information content (AvgIpc) is 2.44. The molecule has 0 saturated heterocycles. The molecule has 0 atom stereocenters. The van der Waals surface area contributed by atoms with Crippen LogP contribution in [0.5, 0.6) is 5.75 Å². The van der Waals surface area contributed by atoms with Crippen LogP contribution < -0.4 is 10.3 Å². The summed E-state index contributed by atoms with van der Waals surface area (Å²) in [6.45, 7) is 0. The molecular weight excluding hydrogens is 495 g/mol. The van der Waals surface area contributed by atoms with Crippen molar-refractivity contribution in [3.05, 3.63) is 49.6 Å². The second kappa shape index (κ2) is 8.87. The Kier molecular flexibility index (Phi) is 8.21. The molecule has 2 rings (SSSR count). The Morgan fingerprint density at radius 3 is 2.67 bits per heavy atom. The van der Waals surface area contributed by atoms with E-state index in [1.807, 2.05) is 24.5 Å². The molecule has 0 aliphatic heterocycles. The van der Waals surface area contributed by atoms with Gasteiger partial charge in [-0.15, -0.1) is 33.8 Å². The predicted molar refractivity (Wildman–Crippen MR) is 90.4 cm³/mol. The number of hydrogen-bond donors (Lipinski definition) is 0. The molecule has 0 amide bonds. The van der Waals surface area contributed by atoms with E-state index in [2.05, 4.69) is 37.9 Å². The third kappa shape index (κ3) is 4.68. The van der Waals surface area contributed by atoms with Crippen molar-refractivity contribution < 1.29 is 37.4 Å². The van der Waals surface area contributed by atoms with Gasteiger partial charge in [0.15, 0.2) is 0 Å². The molecule has 0 N–H and O–H groups in total. The second-order valence-electron chi connectivity index (χ2n) is 4.04. The van der Waals surface area contributed by atoms with E-state index >= 15 is 0 Å². The van der Waals surface area contributed by atoms with Gasteiger partial charge in [-0.25, -0.2) is 0 Å². The van der Waals surface area contributed by atoms with Gasteiger partial charge in [-0.3, -0.25) is 4.79 Å². The van der Waals surface area contributed by atoms with Gasteiger partial charge in [-0.2, -0.15) is 12.1 Å². The predicted octanol–water partition coefficient (Wildman–Crippen LogP) is 4.07. The van der Waals surface area contributed by atoms with E-state index in [1.54, 1.807) is 29.4 Å². The number of benzene rings is 1. The van der Waals surface area contributed by atoms with Crippen LogP contribution in [-0.2, 0) is 39.8 Å². The van der Waals surface area contributed by atoms with E-state index in [1.165, 1.54) is 0 Å². The summed E-state index contributed by atoms with van der Waals surface area (Å²) in [5.74, 6) is 1.39. The zero-order valence-corrected chi connectivity index (χ0v) is 18.3. The Labute approximate surface area is 170 Å². The first-order valence-electron chi connectivity index (χ1n) is 5.73. The van der Waals surface area contributed by atoms with Crippen LogP contribution in [0, 0.1) is 6.07 Å². The van der Waals surface area contributed by atoms with E-state index in [9.17, 15) is 4.79 Å². The number of aromatic nitrogens is 1. The number of rotatable bonds is 4. The van der Waals surface area contributed by atoms with Crippen molar-refractivity contribution in [2.45, 2.75) is 0 Å². The summed E-state index contributed by atoms with van der Waals surface area (Å²) in [7, 11) is 1.73. The van der Waals surface area contributed by atoms with E-state index < -0.39 is 0 Å². The van der Waals surface area contributed by atoms with Crippen LogP contribution in [0.1, 0.15) is 0 Å². The van der Waals surface area contributed by atoms with Gasteiger partial charge in [0.05, 0.1) is 0 Å². The molecule has 0 unspecified atom stereocenters. The Balaban J connectivity index is 0.00000220. The van der Waals surface area contributed by atoms with E-state index in [4.69, 9.17) is 4.74 Å². The summed E-state index contributed by atoms with van der Waals surface area (Å²) in [5, 5.41) is 0. The quantitative estimate of drug-likeness (QED) is 0.462. The fraction of sp³-hybridized carbons (Fsp3) is 0.214. The van der Waals surface area contributed by atoms with Gasteiger partial charge in [0.2, 0.25) is 5.56 Å². The minimum absolute atomic E-state index is 0. The fourth-order valence-corrected chi connectivity index (χ4v) is 2.90. The Morgan fingerprint density at radius 2 is 2.05 bits per heavy atom. The Morgan fingerprint density at radius 1 is 1.33 bits per heavy atom. The van der Waals surface area contributed by atoms with Crippen molar-refractivity contribution in [1.82, 2.24) is 4.57 Å². The summed E-state index contributed by atoms with van der Waals surface area (Å²) >= 11 is 8.35. The molecule has 1 radical (unpaired) electrons. The standard InChI is InChI=1S/C14H12Br2NO2S.Y/c1-17-13(6-5-11(15)14(17)18)10-4-3-9(7-12(10)16)19-8-20-2;/h3-5,7H,8H2,1-2H3;/q-1;. The number of thioether (sulfide) groups is 1. The smallest absolute Gasteiger partial charge is 0.208 e. The molecule has 2 aromatic rings. The fourth-order valence-electron chi connectivity index (χ4n) is 1.72. The van der Waals surface area contributed by atoms with Crippen LogP contribution >= 0.6 is 43.6 Å². The molecule has 1 aromatic carbocycles. The number of halogens is 2. The zero-order valence-electron chi connectivity index (χ0n) is 11.5. The molecule has 109 valence electrons. The van der Waals surface area contributed by atoms with Crippen LogP contribution in [0.2, 0.25) is 0 Å². The summed E-state index contributed by atoms with van der Waals surface area (Å²) in [6.07, 6.45) is 1.98. The molecule has 1 heterocycles. The van der Waals surface area contributed by atoms with Gasteiger partial charge in [0, 0.05) is 39.8 Å². The second-order valence-corrected chi connectivity index (χ2v) is 6.56. The molecule has 0 saturated carbocycles. The first-order chi connectivity index (χ1) is 9.54. The minimum Gasteiger partial charge on any atom is -0.483 e. The molecule has 0 aliphatic carbocycles. The van der Waals surface area contributed by atoms with E-state index in [0.717, 1.165) is 21.5 Å². The topological polar surface area (TPSA) is 31.2 Å². The van der Waals surface area contributed by atoms with E-state index in [0.29, 0.717) is 10.4 Å². The SMILES string of the molecule is CSCOc1ccc(-c2[c-]cc(Br)c(=O)n2C)c(Br)c1.[Y]. The van der Waals surface area contributed by atoms with Crippen LogP contribution in [0.25, 0.3) is 11.3 Å². The van der Waals surface area contributed by atoms with Crippen molar-refractivity contribution in [2.75, 3.05) is 12.2 Å². The van der Waals surface area contributed by atoms with Crippen LogP contribution in [0.15, 0.2) is 38.0 Å². The maximum absolute atomic E-state index is 11.9. The van der Waals surface area contributed by atoms with Crippen molar-refractivity contribution >= 4 is 43.6 Å². The van der Waals surface area contributed by atoms with Gasteiger partial charge in [0.25, 0.3) is 0 Å². The molecule has 7 heteroatoms. The minimum atomic E-state index is -0.0895. The number of ether oxygens (including phenoxy) is 1. The van der Waals surface area contributed by atoms with Crippen molar-refractivity contribution in [3.8, 4) is 17.0 Å². The zero-order chi connectivity index (χ0) is 14.7. The maximum Gasteiger partial charge on any atom is 0.208 e. The number of nitrogens with zero attached hydrogens (tertiary/aromatic N) is 1. The number of pyridine rings is 1. The van der Waals surface area contributed by atoms with E-state index in [-0.39, 0.29) is 38.3 Å². The summed E-state index contributed by atoms with van der Waals surface area (Å²) < 4.78 is 8.47. The van der Waals surface area contributed by atoms with Gasteiger partial charge in [-0.1, -0.05) is 27.2 Å². The molecule has 21 heavy (non-hydrogen) atoms. The normalized spacial score (nSPS) is 10.1. The summed E-state index contributed by atoms with van der Waals surface area (Å²) in [5.41, 5.74) is 1.53. The van der Waals surface area contributed by atoms with Crippen LogP contribution in [0.4, 0.5) is 0 Å². The molecule has 0 spiro atoms. The summed E-state index contributed by atoms with van der Waals surface area (Å²) in [4.78, 5) is 11.9. The van der Waals surface area contributed by atoms with Crippen molar-refractivity contribution in [1.29, 1.82) is 0 Å². The van der Waals surface area contributed by atoms with Gasteiger partial charge in [-0.05, 0) is 27.3 Å². The molecule has 0 fully saturated rings. The Bertz CT molecular complexity index is 691. The maximum atomic E-state index is 11.9. The van der Waals surface area contributed by atoms with Crippen molar-refractivity contribution in [3.63, 3.8) is 0 Å². The monoisotopic (exact) mass is 505 g/mol. The molecule has 0 aliphatic rings. The third-order valence-corrected chi connectivity index (χ3v) is 4.30. The number of hydrogen-bond acceptors (Lipinski definition) is 3. The largest absolute Gasteiger partial charge is 0.483 e. The Hall–Kier alpha value is 0.384. The molecule has 1 aromatic heterocycles. The molecule has 0 bridgehead atoms. The summed E-state index contributed by atoms with van der Waals surface area (Å²) in [6, 6.07) is 10.4.